The Morgan fingerprint density at radius 3 is 2.74 bits per heavy atom. The molecule has 232 valence electrons. The van der Waals surface area contributed by atoms with Gasteiger partial charge in [0.25, 0.3) is 0 Å². The fraction of sp³-hybridized carbons (Fsp3) is 0.438. The molecule has 2 heterocycles. The average Bonchev–Trinajstić information content (AvgIpc) is 3.30. The van der Waals surface area contributed by atoms with E-state index in [2.05, 4.69) is 63.6 Å². The van der Waals surface area contributed by atoms with Crippen LogP contribution in [0.15, 0.2) is 53.9 Å². The number of methoxy groups -OCH3 is 2. The molecule has 3 N–H and O–H groups in total. The number of hydrogen-bond acceptors (Lipinski definition) is 8. The fourth-order valence-corrected chi connectivity index (χ4v) is 6.21. The van der Waals surface area contributed by atoms with Crippen molar-refractivity contribution in [3.63, 3.8) is 0 Å². The van der Waals surface area contributed by atoms with Crippen LogP contribution in [0.1, 0.15) is 19.0 Å². The number of nitrogens with one attached hydrogen (secondary N) is 2. The highest BCUT2D eigenvalue weighted by atomic mass is 32.2. The van der Waals surface area contributed by atoms with Crippen LogP contribution in [0.3, 0.4) is 0 Å². The van der Waals surface area contributed by atoms with E-state index in [9.17, 15) is 17.9 Å². The van der Waals surface area contributed by atoms with Gasteiger partial charge >= 0.3 is 0 Å². The molecule has 1 saturated heterocycles. The van der Waals surface area contributed by atoms with E-state index in [1.54, 1.807) is 7.11 Å². The minimum atomic E-state index is -3.59. The minimum absolute atomic E-state index is 0.0516. The van der Waals surface area contributed by atoms with Gasteiger partial charge in [-0.2, -0.15) is 0 Å². The van der Waals surface area contributed by atoms with Gasteiger partial charge in [-0.3, -0.25) is 0 Å². The Morgan fingerprint density at radius 2 is 2.07 bits per heavy atom. The molecule has 3 atom stereocenters. The third-order valence-corrected chi connectivity index (χ3v) is 8.75. The lowest BCUT2D eigenvalue weighted by atomic mass is 9.93. The van der Waals surface area contributed by atoms with Crippen molar-refractivity contribution in [3.05, 3.63) is 60.6 Å². The number of ether oxygens (including phenoxy) is 2. The maximum absolute atomic E-state index is 14.8. The molecule has 1 aliphatic rings. The van der Waals surface area contributed by atoms with E-state index in [4.69, 9.17) is 9.47 Å². The number of benzene rings is 2. The maximum Gasteiger partial charge on any atom is 0.175 e. The summed E-state index contributed by atoms with van der Waals surface area (Å²) >= 11 is 0. The van der Waals surface area contributed by atoms with Crippen molar-refractivity contribution in [2.75, 3.05) is 63.9 Å². The van der Waals surface area contributed by atoms with Gasteiger partial charge < -0.3 is 34.7 Å². The molecule has 0 saturated carbocycles. The van der Waals surface area contributed by atoms with Crippen LogP contribution in [0, 0.1) is 23.6 Å². The van der Waals surface area contributed by atoms with E-state index in [0.29, 0.717) is 25.6 Å². The van der Waals surface area contributed by atoms with E-state index in [1.807, 2.05) is 12.1 Å². The van der Waals surface area contributed by atoms with E-state index in [-0.39, 0.29) is 28.9 Å². The molecule has 0 aliphatic carbocycles. The number of fused-ring (bicyclic) bond motifs is 1. The van der Waals surface area contributed by atoms with Crippen molar-refractivity contribution in [2.24, 2.45) is 5.92 Å². The molecular formula is C32H41FN4O5S. The highest BCUT2D eigenvalue weighted by molar-refractivity contribution is 7.90. The minimum Gasteiger partial charge on any atom is -0.494 e. The van der Waals surface area contributed by atoms with Crippen LogP contribution in [-0.4, -0.2) is 88.4 Å². The lowest BCUT2D eigenvalue weighted by Crippen LogP contribution is -2.48. The molecule has 0 spiro atoms. The van der Waals surface area contributed by atoms with Crippen LogP contribution >= 0.6 is 0 Å². The summed E-state index contributed by atoms with van der Waals surface area (Å²) in [5, 5.41) is 17.9. The van der Waals surface area contributed by atoms with Crippen molar-refractivity contribution in [3.8, 4) is 17.6 Å². The molecule has 0 bridgehead atoms. The Bertz CT molecular complexity index is 1610. The zero-order valence-corrected chi connectivity index (χ0v) is 26.0. The SMILES string of the molecule is C=CCn1c(C#CCNc2c(F)cc(S(C)(=O)=O)cc2OC)cc2c(NC3CCN(C[C@@H](O)COC)CC3C)cccc21. The normalized spacial score (nSPS) is 18.1. The molecule has 4 rings (SSSR count). The van der Waals surface area contributed by atoms with Crippen molar-refractivity contribution < 1.29 is 27.4 Å². The zero-order chi connectivity index (χ0) is 31.1. The summed E-state index contributed by atoms with van der Waals surface area (Å²) in [5.74, 6) is 5.99. The van der Waals surface area contributed by atoms with Gasteiger partial charge in [-0.05, 0) is 42.5 Å². The topological polar surface area (TPSA) is 105 Å². The van der Waals surface area contributed by atoms with Crippen molar-refractivity contribution >= 4 is 32.1 Å². The van der Waals surface area contributed by atoms with E-state index in [1.165, 1.54) is 13.2 Å². The molecule has 2 unspecified atom stereocenters. The first kappa shape index (κ1) is 32.4. The average molecular weight is 613 g/mol. The van der Waals surface area contributed by atoms with Crippen LogP contribution in [0.5, 0.6) is 5.75 Å². The van der Waals surface area contributed by atoms with Crippen molar-refractivity contribution in [2.45, 2.75) is 36.9 Å². The van der Waals surface area contributed by atoms with Crippen LogP contribution < -0.4 is 15.4 Å². The predicted molar refractivity (Wildman–Crippen MR) is 169 cm³/mol. The number of aliphatic hydroxyl groups is 1. The fourth-order valence-electron chi connectivity index (χ4n) is 5.57. The first-order valence-electron chi connectivity index (χ1n) is 14.2. The summed E-state index contributed by atoms with van der Waals surface area (Å²) in [6, 6.07) is 10.8. The first-order chi connectivity index (χ1) is 20.5. The van der Waals surface area contributed by atoms with Gasteiger partial charge in [0.2, 0.25) is 0 Å². The number of rotatable bonds is 12. The summed E-state index contributed by atoms with van der Waals surface area (Å²) in [4.78, 5) is 2.13. The van der Waals surface area contributed by atoms with E-state index >= 15 is 0 Å². The van der Waals surface area contributed by atoms with Gasteiger partial charge in [-0.15, -0.1) is 6.58 Å². The molecule has 1 aromatic heterocycles. The molecule has 1 fully saturated rings. The number of sulfone groups is 1. The Morgan fingerprint density at radius 1 is 1.28 bits per heavy atom. The van der Waals surface area contributed by atoms with Gasteiger partial charge in [0.15, 0.2) is 15.7 Å². The van der Waals surface area contributed by atoms with Gasteiger partial charge in [-0.1, -0.05) is 25.0 Å². The monoisotopic (exact) mass is 612 g/mol. The summed E-state index contributed by atoms with van der Waals surface area (Å²) in [6.07, 6.45) is 3.30. The van der Waals surface area contributed by atoms with E-state index < -0.39 is 21.8 Å². The molecule has 2 aromatic carbocycles. The van der Waals surface area contributed by atoms with Gasteiger partial charge in [0, 0.05) is 62.7 Å². The number of aromatic nitrogens is 1. The van der Waals surface area contributed by atoms with Crippen molar-refractivity contribution in [1.82, 2.24) is 9.47 Å². The molecule has 1 aliphatic heterocycles. The second-order valence-corrected chi connectivity index (χ2v) is 13.0. The second kappa shape index (κ2) is 14.3. The number of allylic oxidation sites excluding steroid dienone is 1. The molecule has 3 aromatic rings. The third-order valence-electron chi connectivity index (χ3n) is 7.66. The summed E-state index contributed by atoms with van der Waals surface area (Å²) < 4.78 is 50.9. The maximum atomic E-state index is 14.8. The number of piperidine rings is 1. The highest BCUT2D eigenvalue weighted by Gasteiger charge is 2.27. The molecule has 43 heavy (non-hydrogen) atoms. The van der Waals surface area contributed by atoms with Gasteiger partial charge in [0.05, 0.1) is 42.5 Å². The van der Waals surface area contributed by atoms with Gasteiger partial charge in [0.1, 0.15) is 11.4 Å². The van der Waals surface area contributed by atoms with Crippen LogP contribution in [0.25, 0.3) is 10.9 Å². The number of aliphatic hydroxyl groups excluding tert-OH is 1. The number of β-amino-alcohol motifs (C(OH)–C–C–N with tert-alkyl or cyclic N) is 1. The molecule has 0 amide bonds. The predicted octanol–water partition coefficient (Wildman–Crippen LogP) is 3.97. The largest absolute Gasteiger partial charge is 0.494 e. The Balaban J connectivity index is 1.51. The van der Waals surface area contributed by atoms with Crippen LogP contribution in [0.2, 0.25) is 0 Å². The summed E-state index contributed by atoms with van der Waals surface area (Å²) in [7, 11) is -0.637. The smallest absolute Gasteiger partial charge is 0.175 e. The third kappa shape index (κ3) is 7.89. The Hall–Kier alpha value is -3.56. The summed E-state index contributed by atoms with van der Waals surface area (Å²) in [6.45, 7) is 9.54. The lowest BCUT2D eigenvalue weighted by molar-refractivity contribution is 0.0269. The molecule has 9 nitrogen and oxygen atoms in total. The number of hydrogen-bond donors (Lipinski definition) is 3. The molecule has 11 heteroatoms. The summed E-state index contributed by atoms with van der Waals surface area (Å²) in [5.41, 5.74) is 2.90. The zero-order valence-electron chi connectivity index (χ0n) is 25.2. The number of anilines is 2. The lowest BCUT2D eigenvalue weighted by Gasteiger charge is -2.38. The molecule has 0 radical (unpaired) electrons. The number of halogens is 1. The molecular weight excluding hydrogens is 571 g/mol. The van der Waals surface area contributed by atoms with Gasteiger partial charge in [-0.25, -0.2) is 12.8 Å². The Kier molecular flexibility index (Phi) is 10.7. The number of nitrogens with zero attached hydrogens (tertiary/aromatic N) is 2. The first-order valence-corrected chi connectivity index (χ1v) is 16.1. The van der Waals surface area contributed by atoms with Crippen LogP contribution in [-0.2, 0) is 21.1 Å². The van der Waals surface area contributed by atoms with E-state index in [0.717, 1.165) is 54.1 Å². The Labute approximate surface area is 253 Å². The highest BCUT2D eigenvalue weighted by Crippen LogP contribution is 2.32. The van der Waals surface area contributed by atoms with Crippen molar-refractivity contribution in [1.29, 1.82) is 0 Å². The quantitative estimate of drug-likeness (QED) is 0.209. The van der Waals surface area contributed by atoms with Crippen LogP contribution in [0.4, 0.5) is 15.8 Å². The standard InChI is InChI=1S/C32H41FN4O5S/c1-6-14-37-23(9-8-13-34-32-27(33)17-25(43(5,39)40)18-31(32)42-4)16-26-29(10-7-11-30(26)37)35-28-12-15-36(19-22(28)2)20-24(38)21-41-3/h6-7,10-11,16-18,22,24,28,34-35,38H,1,12-15,19-21H2,2-5H3/t22?,24-,28?/m1/s1. The number of likely N-dealkylation sites (tertiary alicyclic amines) is 1. The second-order valence-electron chi connectivity index (χ2n) is 11.0.